The van der Waals surface area contributed by atoms with Crippen LogP contribution in [-0.2, 0) is 19.4 Å². The Bertz CT molecular complexity index is 629. The number of nitrogens with one attached hydrogen (secondary N) is 1. The predicted octanol–water partition coefficient (Wildman–Crippen LogP) is 1.61. The summed E-state index contributed by atoms with van der Waals surface area (Å²) in [5.74, 6) is -2.21. The van der Waals surface area contributed by atoms with Gasteiger partial charge in [0.05, 0.1) is 24.8 Å². The second-order valence-corrected chi connectivity index (χ2v) is 7.55. The molecular weight excluding hydrogens is 322 g/mol. The molecule has 0 bridgehead atoms. The second-order valence-electron chi connectivity index (χ2n) is 5.29. The van der Waals surface area contributed by atoms with Crippen molar-refractivity contribution in [1.29, 1.82) is 0 Å². The first kappa shape index (κ1) is 19.0. The van der Waals surface area contributed by atoms with Crippen molar-refractivity contribution in [3.63, 3.8) is 0 Å². The maximum Gasteiger partial charge on any atom is 0.407 e. The first-order valence-corrected chi connectivity index (χ1v) is 9.09. The summed E-state index contributed by atoms with van der Waals surface area (Å²) in [6.45, 7) is 0. The first-order chi connectivity index (χ1) is 10.7. The zero-order chi connectivity index (χ0) is 17.5. The van der Waals surface area contributed by atoms with Crippen LogP contribution in [0.4, 0.5) is 4.79 Å². The van der Waals surface area contributed by atoms with Gasteiger partial charge in [0.1, 0.15) is 9.84 Å². The number of sulfone groups is 1. The normalized spacial score (nSPS) is 13.8. The zero-order valence-electron chi connectivity index (χ0n) is 13.1. The fraction of sp³-hybridized carbons (Fsp3) is 0.467. The summed E-state index contributed by atoms with van der Waals surface area (Å²) in [4.78, 5) is 22.9. The Hall–Kier alpha value is -2.09. The van der Waals surface area contributed by atoms with Gasteiger partial charge in [-0.15, -0.1) is 0 Å². The van der Waals surface area contributed by atoms with Crippen molar-refractivity contribution in [2.45, 2.75) is 18.9 Å². The SMILES string of the molecule is COC(=O)NC(CC(CCS(C)(=O)=O)C(=O)O)c1ccccc1. The van der Waals surface area contributed by atoms with Gasteiger partial charge in [-0.2, -0.15) is 0 Å². The van der Waals surface area contributed by atoms with Crippen molar-refractivity contribution < 1.29 is 27.9 Å². The summed E-state index contributed by atoms with van der Waals surface area (Å²) in [6.07, 6.45) is 0.448. The van der Waals surface area contributed by atoms with Gasteiger partial charge in [0.15, 0.2) is 0 Å². The van der Waals surface area contributed by atoms with E-state index in [2.05, 4.69) is 10.1 Å². The largest absolute Gasteiger partial charge is 0.481 e. The Morgan fingerprint density at radius 3 is 2.35 bits per heavy atom. The number of hydrogen-bond donors (Lipinski definition) is 2. The van der Waals surface area contributed by atoms with Gasteiger partial charge in [0, 0.05) is 6.26 Å². The molecule has 1 rings (SSSR count). The van der Waals surface area contributed by atoms with E-state index < -0.39 is 33.9 Å². The highest BCUT2D eigenvalue weighted by Gasteiger charge is 2.26. The molecule has 2 N–H and O–H groups in total. The minimum Gasteiger partial charge on any atom is -0.481 e. The number of ether oxygens (including phenoxy) is 1. The zero-order valence-corrected chi connectivity index (χ0v) is 13.9. The maximum absolute atomic E-state index is 11.5. The fourth-order valence-corrected chi connectivity index (χ4v) is 2.86. The molecule has 0 radical (unpaired) electrons. The molecule has 0 aliphatic carbocycles. The second kappa shape index (κ2) is 8.52. The number of hydrogen-bond acceptors (Lipinski definition) is 5. The highest BCUT2D eigenvalue weighted by atomic mass is 32.2. The lowest BCUT2D eigenvalue weighted by Crippen LogP contribution is -2.32. The van der Waals surface area contributed by atoms with Crippen molar-refractivity contribution in [2.24, 2.45) is 5.92 Å². The monoisotopic (exact) mass is 343 g/mol. The van der Waals surface area contributed by atoms with Crippen LogP contribution in [-0.4, -0.2) is 44.7 Å². The van der Waals surface area contributed by atoms with Gasteiger partial charge in [0.25, 0.3) is 0 Å². The van der Waals surface area contributed by atoms with Crippen LogP contribution >= 0.6 is 0 Å². The van der Waals surface area contributed by atoms with Gasteiger partial charge in [-0.25, -0.2) is 13.2 Å². The lowest BCUT2D eigenvalue weighted by Gasteiger charge is -2.22. The van der Waals surface area contributed by atoms with Crippen molar-refractivity contribution in [1.82, 2.24) is 5.32 Å². The summed E-state index contributed by atoms with van der Waals surface area (Å²) >= 11 is 0. The highest BCUT2D eigenvalue weighted by Crippen LogP contribution is 2.24. The summed E-state index contributed by atoms with van der Waals surface area (Å²) in [7, 11) is -2.04. The third kappa shape index (κ3) is 7.14. The lowest BCUT2D eigenvalue weighted by molar-refractivity contribution is -0.142. The smallest absolute Gasteiger partial charge is 0.407 e. The number of carbonyl (C=O) groups excluding carboxylic acids is 1. The minimum atomic E-state index is -3.26. The molecule has 23 heavy (non-hydrogen) atoms. The van der Waals surface area contributed by atoms with E-state index >= 15 is 0 Å². The summed E-state index contributed by atoms with van der Waals surface area (Å²) in [5.41, 5.74) is 0.725. The molecule has 0 heterocycles. The van der Waals surface area contributed by atoms with E-state index in [0.717, 1.165) is 11.8 Å². The van der Waals surface area contributed by atoms with Crippen LogP contribution in [0.5, 0.6) is 0 Å². The molecule has 0 saturated heterocycles. The van der Waals surface area contributed by atoms with Crippen molar-refractivity contribution >= 4 is 21.9 Å². The molecule has 2 atom stereocenters. The van der Waals surface area contributed by atoms with E-state index in [9.17, 15) is 23.1 Å². The van der Waals surface area contributed by atoms with E-state index in [4.69, 9.17) is 0 Å². The van der Waals surface area contributed by atoms with Crippen molar-refractivity contribution in [3.05, 3.63) is 35.9 Å². The number of carbonyl (C=O) groups is 2. The number of rotatable bonds is 8. The minimum absolute atomic E-state index is 0.0135. The molecule has 1 aromatic carbocycles. The van der Waals surface area contributed by atoms with Crippen molar-refractivity contribution in [3.8, 4) is 0 Å². The third-order valence-corrected chi connectivity index (χ3v) is 4.36. The van der Waals surface area contributed by atoms with Crippen LogP contribution in [0.1, 0.15) is 24.4 Å². The molecule has 0 aliphatic heterocycles. The van der Waals surface area contributed by atoms with Crippen LogP contribution in [0.15, 0.2) is 30.3 Å². The van der Waals surface area contributed by atoms with Gasteiger partial charge in [0.2, 0.25) is 0 Å². The fourth-order valence-electron chi connectivity index (χ4n) is 2.15. The van der Waals surface area contributed by atoms with Crippen molar-refractivity contribution in [2.75, 3.05) is 19.1 Å². The van der Waals surface area contributed by atoms with Crippen LogP contribution in [0.3, 0.4) is 0 Å². The van der Waals surface area contributed by atoms with Gasteiger partial charge in [-0.3, -0.25) is 4.79 Å². The van der Waals surface area contributed by atoms with Gasteiger partial charge in [-0.05, 0) is 18.4 Å². The Labute approximate surface area is 135 Å². The summed E-state index contributed by atoms with van der Waals surface area (Å²) in [6, 6.07) is 8.29. The topological polar surface area (TPSA) is 110 Å². The molecule has 2 unspecified atom stereocenters. The molecule has 0 fully saturated rings. The van der Waals surface area contributed by atoms with E-state index in [-0.39, 0.29) is 18.6 Å². The lowest BCUT2D eigenvalue weighted by atomic mass is 9.93. The number of alkyl carbamates (subject to hydrolysis) is 1. The molecule has 0 aliphatic rings. The van der Waals surface area contributed by atoms with E-state index in [0.29, 0.717) is 0 Å². The van der Waals surface area contributed by atoms with Gasteiger partial charge < -0.3 is 15.2 Å². The van der Waals surface area contributed by atoms with Crippen LogP contribution in [0.2, 0.25) is 0 Å². The Morgan fingerprint density at radius 1 is 1.26 bits per heavy atom. The highest BCUT2D eigenvalue weighted by molar-refractivity contribution is 7.90. The molecule has 1 aromatic rings. The Balaban J connectivity index is 2.91. The summed E-state index contributed by atoms with van der Waals surface area (Å²) < 4.78 is 27.1. The summed E-state index contributed by atoms with van der Waals surface area (Å²) in [5, 5.41) is 11.9. The van der Waals surface area contributed by atoms with Crippen LogP contribution in [0, 0.1) is 5.92 Å². The van der Waals surface area contributed by atoms with E-state index in [1.165, 1.54) is 7.11 Å². The van der Waals surface area contributed by atoms with Gasteiger partial charge >= 0.3 is 12.1 Å². The Morgan fingerprint density at radius 2 is 1.87 bits per heavy atom. The van der Waals surface area contributed by atoms with E-state index in [1.54, 1.807) is 30.3 Å². The average molecular weight is 343 g/mol. The number of benzene rings is 1. The quantitative estimate of drug-likeness (QED) is 0.742. The van der Waals surface area contributed by atoms with E-state index in [1.807, 2.05) is 0 Å². The predicted molar refractivity (Wildman–Crippen MR) is 84.8 cm³/mol. The molecule has 0 saturated carbocycles. The Kier molecular flexibility index (Phi) is 7.02. The van der Waals surface area contributed by atoms with Gasteiger partial charge in [-0.1, -0.05) is 30.3 Å². The molecule has 7 nitrogen and oxygen atoms in total. The number of carboxylic acids is 1. The number of carboxylic acid groups (broad SMARTS) is 1. The first-order valence-electron chi connectivity index (χ1n) is 7.03. The number of amides is 1. The molecule has 128 valence electrons. The maximum atomic E-state index is 11.5. The molecule has 1 amide bonds. The third-order valence-electron chi connectivity index (χ3n) is 3.39. The van der Waals surface area contributed by atoms with Crippen LogP contribution < -0.4 is 5.32 Å². The number of aliphatic carboxylic acids is 1. The average Bonchev–Trinajstić information content (AvgIpc) is 2.49. The van der Waals surface area contributed by atoms with Crippen LogP contribution in [0.25, 0.3) is 0 Å². The molecule has 0 aromatic heterocycles. The molecular formula is C15H21NO6S. The number of methoxy groups -OCH3 is 1. The standard InChI is InChI=1S/C15H21NO6S/c1-22-15(19)16-13(11-6-4-3-5-7-11)10-12(14(17)18)8-9-23(2,20)21/h3-7,12-13H,8-10H2,1-2H3,(H,16,19)(H,17,18). The molecule has 8 heteroatoms. The molecule has 0 spiro atoms.